The second-order valence-corrected chi connectivity index (χ2v) is 10.1. The van der Waals surface area contributed by atoms with Crippen LogP contribution in [0.25, 0.3) is 0 Å². The zero-order valence-electron chi connectivity index (χ0n) is 20.7. The average molecular weight is 574 g/mol. The van der Waals surface area contributed by atoms with E-state index < -0.39 is 12.0 Å². The van der Waals surface area contributed by atoms with Crippen molar-refractivity contribution in [3.05, 3.63) is 69.3 Å². The monoisotopic (exact) mass is 572 g/mol. The van der Waals surface area contributed by atoms with E-state index >= 15 is 0 Å². The molecule has 1 aliphatic heterocycles. The standard InChI is InChI=1S/C26H29BrN4O4S/c1-5-6-12-36-26-29-25-28-16(2)21(24(32)34-4)22(31(25)30-26)18-13-19(27)23(20(14-18)33-3)35-15-17-10-8-7-9-11-17/h7-11,13-14,22H,5-6,12,15H2,1-4H3,(H,28,29,30). The quantitative estimate of drug-likeness (QED) is 0.180. The maximum atomic E-state index is 12.9. The van der Waals surface area contributed by atoms with Gasteiger partial charge in [0, 0.05) is 11.4 Å². The number of hydrogen-bond acceptors (Lipinski definition) is 8. The number of benzene rings is 2. The van der Waals surface area contributed by atoms with Crippen LogP contribution in [0.1, 0.15) is 43.9 Å². The smallest absolute Gasteiger partial charge is 0.338 e. The summed E-state index contributed by atoms with van der Waals surface area (Å²) in [6.45, 7) is 4.38. The van der Waals surface area contributed by atoms with E-state index in [9.17, 15) is 4.79 Å². The number of ether oxygens (including phenoxy) is 3. The van der Waals surface area contributed by atoms with Crippen molar-refractivity contribution in [2.24, 2.45) is 0 Å². The highest BCUT2D eigenvalue weighted by atomic mass is 79.9. The summed E-state index contributed by atoms with van der Waals surface area (Å²) in [6.07, 6.45) is 2.17. The Morgan fingerprint density at radius 2 is 2.00 bits per heavy atom. The summed E-state index contributed by atoms with van der Waals surface area (Å²) in [5.41, 5.74) is 2.94. The van der Waals surface area contributed by atoms with E-state index in [1.54, 1.807) is 23.6 Å². The lowest BCUT2D eigenvalue weighted by Crippen LogP contribution is -2.29. The van der Waals surface area contributed by atoms with Gasteiger partial charge in [0.15, 0.2) is 11.5 Å². The molecule has 3 aromatic rings. The van der Waals surface area contributed by atoms with Crippen LogP contribution in [-0.2, 0) is 16.1 Å². The van der Waals surface area contributed by atoms with Crippen LogP contribution >= 0.6 is 27.7 Å². The molecule has 0 radical (unpaired) electrons. The van der Waals surface area contributed by atoms with E-state index in [0.717, 1.165) is 29.7 Å². The first kappa shape index (κ1) is 26.1. The molecule has 0 saturated heterocycles. The topological polar surface area (TPSA) is 87.5 Å². The number of fused-ring (bicyclic) bond motifs is 1. The number of halogens is 1. The lowest BCUT2D eigenvalue weighted by atomic mass is 9.95. The van der Waals surface area contributed by atoms with E-state index in [-0.39, 0.29) is 0 Å². The number of hydrogen-bond donors (Lipinski definition) is 1. The lowest BCUT2D eigenvalue weighted by molar-refractivity contribution is -0.136. The second-order valence-electron chi connectivity index (χ2n) is 8.23. The van der Waals surface area contributed by atoms with Gasteiger partial charge in [-0.2, -0.15) is 4.98 Å². The third-order valence-corrected chi connectivity index (χ3v) is 7.27. The van der Waals surface area contributed by atoms with Crippen LogP contribution in [0.4, 0.5) is 5.95 Å². The summed E-state index contributed by atoms with van der Waals surface area (Å²) in [6, 6.07) is 13.1. The van der Waals surface area contributed by atoms with Gasteiger partial charge in [0.05, 0.1) is 24.3 Å². The van der Waals surface area contributed by atoms with Crippen molar-refractivity contribution < 1.29 is 19.0 Å². The number of aromatic nitrogens is 3. The zero-order valence-corrected chi connectivity index (χ0v) is 23.1. The van der Waals surface area contributed by atoms with Gasteiger partial charge in [-0.05, 0) is 52.5 Å². The molecular weight excluding hydrogens is 544 g/mol. The van der Waals surface area contributed by atoms with Gasteiger partial charge in [0.25, 0.3) is 0 Å². The number of carbonyl (C=O) groups excluding carboxylic acids is 1. The number of methoxy groups -OCH3 is 2. The van der Waals surface area contributed by atoms with Crippen molar-refractivity contribution >= 4 is 39.6 Å². The van der Waals surface area contributed by atoms with Crippen LogP contribution in [0.15, 0.2) is 63.4 Å². The Kier molecular flexibility index (Phi) is 8.58. The van der Waals surface area contributed by atoms with Gasteiger partial charge in [-0.1, -0.05) is 55.4 Å². The summed E-state index contributed by atoms with van der Waals surface area (Å²) < 4.78 is 19.4. The Labute approximate surface area is 223 Å². The fourth-order valence-corrected chi connectivity index (χ4v) is 5.44. The Morgan fingerprint density at radius 1 is 1.22 bits per heavy atom. The third-order valence-electron chi connectivity index (χ3n) is 5.76. The fraction of sp³-hybridized carbons (Fsp3) is 0.346. The number of allylic oxidation sites excluding steroid dienone is 1. The molecular formula is C26H29BrN4O4S. The molecule has 1 unspecified atom stereocenters. The lowest BCUT2D eigenvalue weighted by Gasteiger charge is -2.28. The summed E-state index contributed by atoms with van der Waals surface area (Å²) in [5, 5.41) is 8.61. The van der Waals surface area contributed by atoms with Gasteiger partial charge >= 0.3 is 5.97 Å². The van der Waals surface area contributed by atoms with E-state index in [1.807, 2.05) is 49.4 Å². The van der Waals surface area contributed by atoms with E-state index in [4.69, 9.17) is 19.3 Å². The number of nitrogens with zero attached hydrogens (tertiary/aromatic N) is 3. The molecule has 1 N–H and O–H groups in total. The van der Waals surface area contributed by atoms with Gasteiger partial charge in [0.1, 0.15) is 12.6 Å². The largest absolute Gasteiger partial charge is 0.493 e. The van der Waals surface area contributed by atoms with Crippen molar-refractivity contribution in [1.29, 1.82) is 0 Å². The minimum atomic E-state index is -0.560. The van der Waals surface area contributed by atoms with Gasteiger partial charge < -0.3 is 19.5 Å². The number of anilines is 1. The zero-order chi connectivity index (χ0) is 25.7. The molecule has 0 amide bonds. The minimum absolute atomic E-state index is 0.389. The van der Waals surface area contributed by atoms with Crippen LogP contribution in [0.3, 0.4) is 0 Å². The van der Waals surface area contributed by atoms with Crippen molar-refractivity contribution in [3.63, 3.8) is 0 Å². The van der Waals surface area contributed by atoms with Crippen molar-refractivity contribution in [2.45, 2.75) is 44.5 Å². The van der Waals surface area contributed by atoms with Crippen molar-refractivity contribution in [3.8, 4) is 11.5 Å². The predicted octanol–water partition coefficient (Wildman–Crippen LogP) is 5.98. The number of thioether (sulfide) groups is 1. The van der Waals surface area contributed by atoms with Gasteiger partial charge in [-0.15, -0.1) is 5.10 Å². The average Bonchev–Trinajstić information content (AvgIpc) is 3.29. The first-order chi connectivity index (χ1) is 17.5. The highest BCUT2D eigenvalue weighted by Gasteiger charge is 2.36. The van der Waals surface area contributed by atoms with Crippen LogP contribution in [0.5, 0.6) is 11.5 Å². The summed E-state index contributed by atoms with van der Waals surface area (Å²) in [7, 11) is 2.97. The molecule has 0 spiro atoms. The predicted molar refractivity (Wildman–Crippen MR) is 144 cm³/mol. The molecule has 4 rings (SSSR count). The molecule has 0 fully saturated rings. The maximum Gasteiger partial charge on any atom is 0.338 e. The number of esters is 1. The molecule has 0 aliphatic carbocycles. The molecule has 2 aromatic carbocycles. The first-order valence-corrected chi connectivity index (χ1v) is 13.4. The molecule has 1 atom stereocenters. The Morgan fingerprint density at radius 3 is 2.69 bits per heavy atom. The number of carbonyl (C=O) groups is 1. The summed E-state index contributed by atoms with van der Waals surface area (Å²) >= 11 is 5.25. The highest BCUT2D eigenvalue weighted by Crippen LogP contribution is 2.43. The Balaban J connectivity index is 1.74. The minimum Gasteiger partial charge on any atom is -0.493 e. The van der Waals surface area contributed by atoms with Gasteiger partial charge in [-0.25, -0.2) is 9.48 Å². The molecule has 190 valence electrons. The van der Waals surface area contributed by atoms with E-state index in [0.29, 0.717) is 45.0 Å². The van der Waals surface area contributed by atoms with Crippen LogP contribution in [-0.4, -0.2) is 40.7 Å². The fourth-order valence-electron chi connectivity index (χ4n) is 3.95. The van der Waals surface area contributed by atoms with E-state index in [1.165, 1.54) is 7.11 Å². The normalized spacial score (nSPS) is 14.8. The summed E-state index contributed by atoms with van der Waals surface area (Å²) in [4.78, 5) is 17.6. The second kappa shape index (κ2) is 11.8. The van der Waals surface area contributed by atoms with Gasteiger partial charge in [-0.3, -0.25) is 0 Å². The van der Waals surface area contributed by atoms with Crippen molar-refractivity contribution in [1.82, 2.24) is 14.8 Å². The SMILES string of the molecule is CCCCSc1nc2n(n1)C(c1cc(Br)c(OCc3ccccc3)c(OC)c1)C(C(=O)OC)=C(C)N2. The third kappa shape index (κ3) is 5.54. The molecule has 10 heteroatoms. The number of unbranched alkanes of at least 4 members (excludes halogenated alkanes) is 1. The van der Waals surface area contributed by atoms with Crippen LogP contribution in [0, 0.1) is 0 Å². The molecule has 36 heavy (non-hydrogen) atoms. The van der Waals surface area contributed by atoms with E-state index in [2.05, 4.69) is 33.2 Å². The molecule has 1 aliphatic rings. The Bertz CT molecular complexity index is 1260. The molecule has 2 heterocycles. The maximum absolute atomic E-state index is 12.9. The Hall–Kier alpha value is -2.98. The summed E-state index contributed by atoms with van der Waals surface area (Å²) in [5.74, 6) is 2.17. The molecule has 8 nitrogen and oxygen atoms in total. The number of nitrogens with one attached hydrogen (secondary N) is 1. The molecule has 0 saturated carbocycles. The van der Waals surface area contributed by atoms with Crippen molar-refractivity contribution in [2.75, 3.05) is 25.3 Å². The van der Waals surface area contributed by atoms with Gasteiger partial charge in [0.2, 0.25) is 11.1 Å². The highest BCUT2D eigenvalue weighted by molar-refractivity contribution is 9.10. The molecule has 1 aromatic heterocycles. The van der Waals surface area contributed by atoms with Crippen LogP contribution in [0.2, 0.25) is 0 Å². The van der Waals surface area contributed by atoms with Crippen LogP contribution < -0.4 is 14.8 Å². The first-order valence-electron chi connectivity index (χ1n) is 11.7. The molecule has 0 bridgehead atoms. The number of rotatable bonds is 10.